The van der Waals surface area contributed by atoms with E-state index in [2.05, 4.69) is 31.0 Å². The van der Waals surface area contributed by atoms with E-state index in [0.29, 0.717) is 23.5 Å². The highest BCUT2D eigenvalue weighted by molar-refractivity contribution is 5.58. The van der Waals surface area contributed by atoms with Crippen molar-refractivity contribution in [1.29, 1.82) is 5.26 Å². The molecular weight excluding hydrogens is 322 g/mol. The highest BCUT2D eigenvalue weighted by atomic mass is 16.5. The molecule has 2 aliphatic carbocycles. The van der Waals surface area contributed by atoms with Crippen molar-refractivity contribution in [2.75, 3.05) is 7.11 Å². The maximum absolute atomic E-state index is 9.52. The molecule has 1 heterocycles. The summed E-state index contributed by atoms with van der Waals surface area (Å²) in [7, 11) is 1.67. The van der Waals surface area contributed by atoms with Crippen molar-refractivity contribution in [3.05, 3.63) is 53.2 Å². The predicted molar refractivity (Wildman–Crippen MR) is 101 cm³/mol. The molecule has 0 amide bonds. The molecule has 0 unspecified atom stereocenters. The number of methoxy groups -OCH3 is 1. The Morgan fingerprint density at radius 1 is 1.23 bits per heavy atom. The summed E-state index contributed by atoms with van der Waals surface area (Å²) in [6.07, 6.45) is 5.01. The Kier molecular flexibility index (Phi) is 4.03. The zero-order chi connectivity index (χ0) is 18.3. The van der Waals surface area contributed by atoms with Crippen LogP contribution in [-0.2, 0) is 11.8 Å². The Morgan fingerprint density at radius 2 is 2.00 bits per heavy atom. The predicted octanol–water partition coefficient (Wildman–Crippen LogP) is 4.46. The molecular formula is C22H23N3O. The van der Waals surface area contributed by atoms with E-state index in [9.17, 15) is 5.26 Å². The maximum Gasteiger partial charge on any atom is 0.220 e. The minimum Gasteiger partial charge on any atom is -0.481 e. The van der Waals surface area contributed by atoms with Crippen molar-refractivity contribution < 1.29 is 4.74 Å². The van der Waals surface area contributed by atoms with E-state index in [4.69, 9.17) is 9.72 Å². The number of ether oxygens (including phenoxy) is 1. The molecule has 0 radical (unpaired) electrons. The molecule has 4 heteroatoms. The normalized spacial score (nSPS) is 26.9. The van der Waals surface area contributed by atoms with Gasteiger partial charge in [0.2, 0.25) is 5.88 Å². The third-order valence-corrected chi connectivity index (χ3v) is 6.03. The highest BCUT2D eigenvalue weighted by Crippen LogP contribution is 2.51. The van der Waals surface area contributed by atoms with Crippen molar-refractivity contribution in [1.82, 2.24) is 9.97 Å². The van der Waals surface area contributed by atoms with E-state index in [1.165, 1.54) is 0 Å². The van der Waals surface area contributed by atoms with Crippen LogP contribution < -0.4 is 4.74 Å². The van der Waals surface area contributed by atoms with Crippen LogP contribution in [0.3, 0.4) is 0 Å². The van der Waals surface area contributed by atoms with Gasteiger partial charge in [0.1, 0.15) is 0 Å². The summed E-state index contributed by atoms with van der Waals surface area (Å²) < 4.78 is 5.64. The van der Waals surface area contributed by atoms with E-state index >= 15 is 0 Å². The van der Waals surface area contributed by atoms with Crippen molar-refractivity contribution in [3.63, 3.8) is 0 Å². The number of nitriles is 1. The Labute approximate surface area is 154 Å². The zero-order valence-corrected chi connectivity index (χ0v) is 15.5. The molecule has 0 fully saturated rings. The van der Waals surface area contributed by atoms with Gasteiger partial charge in [0.25, 0.3) is 0 Å². The van der Waals surface area contributed by atoms with E-state index in [1.54, 1.807) is 7.11 Å². The number of allylic oxidation sites excluding steroid dienone is 2. The molecule has 0 N–H and O–H groups in total. The molecule has 0 saturated carbocycles. The molecule has 2 aliphatic rings. The van der Waals surface area contributed by atoms with E-state index in [0.717, 1.165) is 41.7 Å². The summed E-state index contributed by atoms with van der Waals surface area (Å²) in [5, 5.41) is 9.52. The SMILES string of the molecule is COc1nc(-c2ccccc2)nc2c1CC[C@H]1[C@H](C)CC(C#N)=C[C@]21C. The zero-order valence-electron chi connectivity index (χ0n) is 15.5. The third kappa shape index (κ3) is 2.50. The summed E-state index contributed by atoms with van der Waals surface area (Å²) in [6, 6.07) is 12.4. The number of hydrogen-bond acceptors (Lipinski definition) is 4. The van der Waals surface area contributed by atoms with Crippen LogP contribution in [0.1, 0.15) is 37.9 Å². The summed E-state index contributed by atoms with van der Waals surface area (Å²) in [6.45, 7) is 4.48. The van der Waals surface area contributed by atoms with Crippen LogP contribution in [-0.4, -0.2) is 17.1 Å². The number of nitrogens with zero attached hydrogens (tertiary/aromatic N) is 3. The number of benzene rings is 1. The monoisotopic (exact) mass is 345 g/mol. The second kappa shape index (κ2) is 6.25. The smallest absolute Gasteiger partial charge is 0.220 e. The molecule has 4 nitrogen and oxygen atoms in total. The van der Waals surface area contributed by atoms with Gasteiger partial charge >= 0.3 is 0 Å². The summed E-state index contributed by atoms with van der Waals surface area (Å²) >= 11 is 0. The molecule has 2 aromatic rings. The van der Waals surface area contributed by atoms with Crippen LogP contribution in [0.4, 0.5) is 0 Å². The lowest BCUT2D eigenvalue weighted by Crippen LogP contribution is -2.42. The van der Waals surface area contributed by atoms with Crippen LogP contribution in [0.25, 0.3) is 11.4 Å². The lowest BCUT2D eigenvalue weighted by Gasteiger charge is -2.46. The first-order chi connectivity index (χ1) is 12.6. The van der Waals surface area contributed by atoms with Crippen molar-refractivity contribution in [3.8, 4) is 23.3 Å². The summed E-state index contributed by atoms with van der Waals surface area (Å²) in [4.78, 5) is 9.69. The molecule has 3 atom stereocenters. The lowest BCUT2D eigenvalue weighted by molar-refractivity contribution is 0.198. The fourth-order valence-corrected chi connectivity index (χ4v) is 4.83. The largest absolute Gasteiger partial charge is 0.481 e. The fraction of sp³-hybridized carbons (Fsp3) is 0.409. The number of hydrogen-bond donors (Lipinski definition) is 0. The van der Waals surface area contributed by atoms with Crippen LogP contribution >= 0.6 is 0 Å². The molecule has 26 heavy (non-hydrogen) atoms. The molecule has 0 aliphatic heterocycles. The van der Waals surface area contributed by atoms with Gasteiger partial charge in [-0.05, 0) is 31.1 Å². The Balaban J connectivity index is 1.95. The second-order valence-electron chi connectivity index (χ2n) is 7.64. The van der Waals surface area contributed by atoms with Gasteiger partial charge in [0.15, 0.2) is 5.82 Å². The summed E-state index contributed by atoms with van der Waals surface area (Å²) in [5.74, 6) is 2.30. The standard InChI is InChI=1S/C22H23N3O/c1-14-11-15(13-23)12-22(2)18(14)10-9-17-19(22)24-20(25-21(17)26-3)16-7-5-4-6-8-16/h4-8,12,14,18H,9-11H2,1-3H3/t14-,18+,22+/m1/s1. The average Bonchev–Trinajstić information content (AvgIpc) is 2.67. The topological polar surface area (TPSA) is 58.8 Å². The van der Waals surface area contributed by atoms with Gasteiger partial charge in [-0.2, -0.15) is 10.2 Å². The van der Waals surface area contributed by atoms with Crippen LogP contribution in [0.2, 0.25) is 0 Å². The van der Waals surface area contributed by atoms with Crippen LogP contribution in [0.15, 0.2) is 42.0 Å². The number of rotatable bonds is 2. The molecule has 4 rings (SSSR count). The van der Waals surface area contributed by atoms with Gasteiger partial charge in [0.05, 0.1) is 18.9 Å². The third-order valence-electron chi connectivity index (χ3n) is 6.03. The molecule has 0 bridgehead atoms. The Bertz CT molecular complexity index is 913. The highest BCUT2D eigenvalue weighted by Gasteiger charge is 2.47. The van der Waals surface area contributed by atoms with Crippen LogP contribution in [0, 0.1) is 23.2 Å². The van der Waals surface area contributed by atoms with Gasteiger partial charge in [0, 0.05) is 22.1 Å². The van der Waals surface area contributed by atoms with E-state index < -0.39 is 0 Å². The van der Waals surface area contributed by atoms with Crippen molar-refractivity contribution in [2.45, 2.75) is 38.5 Å². The molecule has 0 saturated heterocycles. The first-order valence-corrected chi connectivity index (χ1v) is 9.19. The maximum atomic E-state index is 9.52. The van der Waals surface area contributed by atoms with Gasteiger partial charge in [-0.25, -0.2) is 4.98 Å². The van der Waals surface area contributed by atoms with E-state index in [-0.39, 0.29) is 5.41 Å². The van der Waals surface area contributed by atoms with E-state index in [1.807, 2.05) is 30.3 Å². The average molecular weight is 345 g/mol. The minimum atomic E-state index is -0.254. The minimum absolute atomic E-state index is 0.254. The molecule has 0 spiro atoms. The molecule has 1 aromatic carbocycles. The van der Waals surface area contributed by atoms with Gasteiger partial charge in [-0.15, -0.1) is 0 Å². The number of fused-ring (bicyclic) bond motifs is 3. The molecule has 132 valence electrons. The number of aromatic nitrogens is 2. The Hall–Kier alpha value is -2.67. The molecule has 1 aromatic heterocycles. The van der Waals surface area contributed by atoms with Gasteiger partial charge in [-0.3, -0.25) is 0 Å². The fourth-order valence-electron chi connectivity index (χ4n) is 4.83. The van der Waals surface area contributed by atoms with Gasteiger partial charge < -0.3 is 4.74 Å². The lowest BCUT2D eigenvalue weighted by atomic mass is 9.58. The second-order valence-corrected chi connectivity index (χ2v) is 7.64. The first kappa shape index (κ1) is 16.8. The quantitative estimate of drug-likeness (QED) is 0.806. The Morgan fingerprint density at radius 3 is 2.69 bits per heavy atom. The first-order valence-electron chi connectivity index (χ1n) is 9.19. The van der Waals surface area contributed by atoms with Crippen molar-refractivity contribution >= 4 is 0 Å². The van der Waals surface area contributed by atoms with Crippen molar-refractivity contribution in [2.24, 2.45) is 11.8 Å². The van der Waals surface area contributed by atoms with Gasteiger partial charge in [-0.1, -0.05) is 50.3 Å². The van der Waals surface area contributed by atoms with Crippen LogP contribution in [0.5, 0.6) is 5.88 Å². The summed E-state index contributed by atoms with van der Waals surface area (Å²) in [5.41, 5.74) is 3.71.